The average Bonchev–Trinajstić information content (AvgIpc) is 3.17. The molecule has 0 N–H and O–H groups in total. The smallest absolute Gasteiger partial charge is 0.395 e. The molecule has 0 unspecified atom stereocenters. The van der Waals surface area contributed by atoms with Crippen LogP contribution >= 0.6 is 23.1 Å². The van der Waals surface area contributed by atoms with Gasteiger partial charge in [-0.1, -0.05) is 17.4 Å². The Kier molecular flexibility index (Phi) is 5.05. The van der Waals surface area contributed by atoms with E-state index in [2.05, 4.69) is 11.1 Å². The van der Waals surface area contributed by atoms with Crippen LogP contribution in [0.4, 0.5) is 5.88 Å². The third-order valence-electron chi connectivity index (χ3n) is 3.54. The molecule has 0 aliphatic rings. The van der Waals surface area contributed by atoms with E-state index in [1.54, 1.807) is 11.8 Å². The van der Waals surface area contributed by atoms with Gasteiger partial charge < -0.3 is 8.98 Å². The van der Waals surface area contributed by atoms with E-state index in [9.17, 15) is 14.9 Å². The number of aromatic nitrogens is 1. The summed E-state index contributed by atoms with van der Waals surface area (Å²) in [5.41, 5.74) is 2.15. The molecule has 0 aliphatic carbocycles. The standard InChI is InChI=1S/C16H15N3O4S2/c1-10-3-4-11-13(9-10)25-16(18(11)7-8-24-2)17-15(20)12-5-6-14(23-12)19(21)22/h3-6,9H,7-8H2,1-2H3. The summed E-state index contributed by atoms with van der Waals surface area (Å²) < 4.78 is 7.97. The molecule has 0 bridgehead atoms. The number of carbonyl (C=O) groups excluding carboxylic acids is 1. The molecule has 0 saturated heterocycles. The molecule has 0 saturated carbocycles. The minimum absolute atomic E-state index is 0.142. The summed E-state index contributed by atoms with van der Waals surface area (Å²) in [7, 11) is 0. The van der Waals surface area contributed by atoms with Crippen molar-refractivity contribution in [2.24, 2.45) is 4.99 Å². The first-order valence-electron chi connectivity index (χ1n) is 7.42. The SMILES string of the molecule is CSCCn1c(=NC(=O)c2ccc([N+](=O)[O-])o2)sc2cc(C)ccc21. The zero-order valence-electron chi connectivity index (χ0n) is 13.6. The lowest BCUT2D eigenvalue weighted by Gasteiger charge is -2.03. The Morgan fingerprint density at radius 2 is 2.20 bits per heavy atom. The average molecular weight is 377 g/mol. The number of furan rings is 1. The van der Waals surface area contributed by atoms with E-state index in [0.29, 0.717) is 11.3 Å². The lowest BCUT2D eigenvalue weighted by atomic mass is 10.2. The maximum Gasteiger partial charge on any atom is 0.433 e. The first-order valence-corrected chi connectivity index (χ1v) is 9.63. The van der Waals surface area contributed by atoms with Gasteiger partial charge in [-0.25, -0.2) is 0 Å². The van der Waals surface area contributed by atoms with Crippen molar-refractivity contribution in [1.29, 1.82) is 0 Å². The van der Waals surface area contributed by atoms with Gasteiger partial charge in [-0.2, -0.15) is 16.8 Å². The van der Waals surface area contributed by atoms with Gasteiger partial charge in [-0.05, 0) is 36.9 Å². The number of hydrogen-bond acceptors (Lipinski definition) is 6. The van der Waals surface area contributed by atoms with Crippen molar-refractivity contribution in [3.63, 3.8) is 0 Å². The summed E-state index contributed by atoms with van der Waals surface area (Å²) >= 11 is 3.12. The highest BCUT2D eigenvalue weighted by Gasteiger charge is 2.17. The maximum absolute atomic E-state index is 12.3. The largest absolute Gasteiger partial charge is 0.433 e. The molecule has 2 aromatic heterocycles. The highest BCUT2D eigenvalue weighted by Crippen LogP contribution is 2.20. The molecule has 0 spiro atoms. The first kappa shape index (κ1) is 17.4. The molecule has 2 heterocycles. The van der Waals surface area contributed by atoms with Crippen LogP contribution in [-0.4, -0.2) is 27.4 Å². The Morgan fingerprint density at radius 3 is 2.88 bits per heavy atom. The fraction of sp³-hybridized carbons (Fsp3) is 0.250. The third-order valence-corrected chi connectivity index (χ3v) is 5.17. The van der Waals surface area contributed by atoms with Gasteiger partial charge >= 0.3 is 11.8 Å². The van der Waals surface area contributed by atoms with Crippen LogP contribution in [0.15, 0.2) is 39.7 Å². The summed E-state index contributed by atoms with van der Waals surface area (Å²) in [6.45, 7) is 2.73. The second-order valence-corrected chi connectivity index (χ2v) is 7.31. The summed E-state index contributed by atoms with van der Waals surface area (Å²) in [5.74, 6) is -0.361. The number of amides is 1. The van der Waals surface area contributed by atoms with Crippen molar-refractivity contribution < 1.29 is 14.1 Å². The quantitative estimate of drug-likeness (QED) is 0.500. The summed E-state index contributed by atoms with van der Waals surface area (Å²) in [6.07, 6.45) is 2.02. The van der Waals surface area contributed by atoms with E-state index >= 15 is 0 Å². The summed E-state index contributed by atoms with van der Waals surface area (Å²) in [4.78, 5) is 27.0. The summed E-state index contributed by atoms with van der Waals surface area (Å²) in [6, 6.07) is 8.51. The number of nitro groups is 1. The van der Waals surface area contributed by atoms with Crippen LogP contribution in [0.3, 0.4) is 0 Å². The molecule has 3 aromatic rings. The predicted molar refractivity (Wildman–Crippen MR) is 98.2 cm³/mol. The van der Waals surface area contributed by atoms with Crippen LogP contribution in [0.5, 0.6) is 0 Å². The van der Waals surface area contributed by atoms with Gasteiger partial charge in [-0.3, -0.25) is 14.9 Å². The minimum atomic E-state index is -0.683. The molecule has 9 heteroatoms. The number of fused-ring (bicyclic) bond motifs is 1. The van der Waals surface area contributed by atoms with Gasteiger partial charge in [0.2, 0.25) is 5.76 Å². The van der Waals surface area contributed by atoms with Crippen LogP contribution in [0, 0.1) is 17.0 Å². The van der Waals surface area contributed by atoms with Gasteiger partial charge in [0.15, 0.2) is 4.80 Å². The molecule has 0 atom stereocenters. The van der Waals surface area contributed by atoms with Gasteiger partial charge in [-0.15, -0.1) is 0 Å². The molecule has 0 aliphatic heterocycles. The molecule has 0 radical (unpaired) electrons. The van der Waals surface area contributed by atoms with Crippen molar-refractivity contribution in [3.05, 3.63) is 56.6 Å². The molecule has 0 fully saturated rings. The van der Waals surface area contributed by atoms with Crippen LogP contribution in [0.25, 0.3) is 10.2 Å². The van der Waals surface area contributed by atoms with Crippen molar-refractivity contribution >= 4 is 45.1 Å². The number of rotatable bonds is 5. The summed E-state index contributed by atoms with van der Waals surface area (Å²) in [5, 5.41) is 10.7. The predicted octanol–water partition coefficient (Wildman–Crippen LogP) is 3.62. The van der Waals surface area contributed by atoms with Gasteiger partial charge in [0.05, 0.1) is 16.3 Å². The monoisotopic (exact) mass is 377 g/mol. The second kappa shape index (κ2) is 7.24. The van der Waals surface area contributed by atoms with Crippen LogP contribution in [0.2, 0.25) is 0 Å². The first-order chi connectivity index (χ1) is 12.0. The fourth-order valence-corrected chi connectivity index (χ4v) is 3.86. The Balaban J connectivity index is 2.07. The number of hydrogen-bond donors (Lipinski definition) is 0. The van der Waals surface area contributed by atoms with Gasteiger partial charge in [0, 0.05) is 12.3 Å². The number of aryl methyl sites for hydroxylation is 2. The Bertz CT molecular complexity index is 1020. The maximum atomic E-state index is 12.3. The van der Waals surface area contributed by atoms with Gasteiger partial charge in [0.1, 0.15) is 4.92 Å². The molecule has 25 heavy (non-hydrogen) atoms. The number of benzene rings is 1. The molecule has 3 rings (SSSR count). The lowest BCUT2D eigenvalue weighted by Crippen LogP contribution is -2.18. The van der Waals surface area contributed by atoms with Crippen LogP contribution < -0.4 is 4.80 Å². The Labute approximate surface area is 151 Å². The van der Waals surface area contributed by atoms with Crippen LogP contribution in [-0.2, 0) is 6.54 Å². The molecule has 1 amide bonds. The van der Waals surface area contributed by atoms with Crippen molar-refractivity contribution in [2.75, 3.05) is 12.0 Å². The van der Waals surface area contributed by atoms with Crippen LogP contribution in [0.1, 0.15) is 16.1 Å². The van der Waals surface area contributed by atoms with E-state index < -0.39 is 16.7 Å². The van der Waals surface area contributed by atoms with Crippen molar-refractivity contribution in [2.45, 2.75) is 13.5 Å². The zero-order chi connectivity index (χ0) is 18.0. The minimum Gasteiger partial charge on any atom is -0.395 e. The second-order valence-electron chi connectivity index (χ2n) is 5.31. The number of thiazole rings is 1. The Hall–Kier alpha value is -2.39. The normalized spacial score (nSPS) is 12.0. The van der Waals surface area contributed by atoms with Gasteiger partial charge in [0.25, 0.3) is 0 Å². The molecule has 7 nitrogen and oxygen atoms in total. The fourth-order valence-electron chi connectivity index (χ4n) is 2.35. The highest BCUT2D eigenvalue weighted by atomic mass is 32.2. The molecule has 1 aromatic carbocycles. The van der Waals surface area contributed by atoms with E-state index in [4.69, 9.17) is 4.42 Å². The molecular weight excluding hydrogens is 362 g/mol. The topological polar surface area (TPSA) is 90.6 Å². The van der Waals surface area contributed by atoms with E-state index in [1.165, 1.54) is 17.4 Å². The highest BCUT2D eigenvalue weighted by molar-refractivity contribution is 7.98. The molecular formula is C16H15N3O4S2. The number of carbonyl (C=O) groups is 1. The number of thioether (sulfide) groups is 1. The van der Waals surface area contributed by atoms with E-state index in [0.717, 1.165) is 27.6 Å². The third kappa shape index (κ3) is 3.67. The van der Waals surface area contributed by atoms with Crippen molar-refractivity contribution in [1.82, 2.24) is 4.57 Å². The zero-order valence-corrected chi connectivity index (χ0v) is 15.2. The van der Waals surface area contributed by atoms with E-state index in [1.807, 2.05) is 29.9 Å². The lowest BCUT2D eigenvalue weighted by molar-refractivity contribution is -0.402. The van der Waals surface area contributed by atoms with Crippen molar-refractivity contribution in [3.8, 4) is 0 Å². The Morgan fingerprint density at radius 1 is 1.40 bits per heavy atom. The number of nitrogens with zero attached hydrogens (tertiary/aromatic N) is 3. The molecule has 130 valence electrons. The van der Waals surface area contributed by atoms with E-state index in [-0.39, 0.29) is 5.76 Å².